The van der Waals surface area contributed by atoms with Crippen molar-refractivity contribution in [2.75, 3.05) is 24.4 Å². The first-order chi connectivity index (χ1) is 9.15. The fourth-order valence-corrected chi connectivity index (χ4v) is 4.09. The van der Waals surface area contributed by atoms with E-state index in [-0.39, 0.29) is 0 Å². The number of rotatable bonds is 2. The first-order valence-corrected chi connectivity index (χ1v) is 8.16. The Balaban J connectivity index is 1.78. The number of hydrogen-bond donors (Lipinski definition) is 2. The number of nitrogens with zero attached hydrogens (tertiary/aromatic N) is 1. The van der Waals surface area contributed by atoms with Crippen molar-refractivity contribution in [2.24, 2.45) is 5.92 Å². The maximum Gasteiger partial charge on any atom is 0.301 e. The molecule has 0 aromatic heterocycles. The van der Waals surface area contributed by atoms with E-state index in [1.807, 2.05) is 24.3 Å². The summed E-state index contributed by atoms with van der Waals surface area (Å²) in [4.78, 5) is 0. The van der Waals surface area contributed by atoms with Crippen molar-refractivity contribution < 1.29 is 8.42 Å². The molecular formula is C13H19N3O2S. The molecule has 0 bridgehead atoms. The van der Waals surface area contributed by atoms with Crippen LogP contribution in [-0.4, -0.2) is 32.4 Å². The first-order valence-electron chi connectivity index (χ1n) is 6.72. The van der Waals surface area contributed by atoms with E-state index in [0.29, 0.717) is 24.7 Å². The maximum absolute atomic E-state index is 12.2. The Bertz CT molecular complexity index is 553. The zero-order valence-electron chi connectivity index (χ0n) is 10.8. The number of hydrogen-bond acceptors (Lipinski definition) is 3. The second-order valence-electron chi connectivity index (χ2n) is 5.27. The van der Waals surface area contributed by atoms with Crippen LogP contribution in [0.25, 0.3) is 0 Å². The van der Waals surface area contributed by atoms with Crippen LogP contribution in [0.1, 0.15) is 18.4 Å². The molecule has 1 aromatic rings. The zero-order chi connectivity index (χ0) is 13.3. The summed E-state index contributed by atoms with van der Waals surface area (Å²) >= 11 is 0. The van der Waals surface area contributed by atoms with Crippen LogP contribution in [0.5, 0.6) is 0 Å². The summed E-state index contributed by atoms with van der Waals surface area (Å²) in [6.07, 6.45) is 2.23. The summed E-state index contributed by atoms with van der Waals surface area (Å²) in [5.41, 5.74) is 1.75. The summed E-state index contributed by atoms with van der Waals surface area (Å²) in [5, 5.41) is 3.33. The quantitative estimate of drug-likeness (QED) is 0.855. The molecule has 2 heterocycles. The van der Waals surface area contributed by atoms with Crippen LogP contribution in [0.15, 0.2) is 24.3 Å². The van der Waals surface area contributed by atoms with E-state index in [2.05, 4.69) is 10.0 Å². The van der Waals surface area contributed by atoms with Crippen LogP contribution in [-0.2, 0) is 16.8 Å². The fourth-order valence-electron chi connectivity index (χ4n) is 2.77. The molecule has 0 aliphatic carbocycles. The van der Waals surface area contributed by atoms with Crippen LogP contribution >= 0.6 is 0 Å². The van der Waals surface area contributed by atoms with Gasteiger partial charge in [-0.05, 0) is 43.5 Å². The monoisotopic (exact) mass is 281 g/mol. The van der Waals surface area contributed by atoms with Crippen molar-refractivity contribution in [3.63, 3.8) is 0 Å². The van der Waals surface area contributed by atoms with Gasteiger partial charge in [0.1, 0.15) is 0 Å². The number of nitrogens with one attached hydrogen (secondary N) is 2. The molecule has 0 unspecified atom stereocenters. The van der Waals surface area contributed by atoms with Crippen LogP contribution < -0.4 is 10.0 Å². The van der Waals surface area contributed by atoms with E-state index in [9.17, 15) is 8.42 Å². The number of para-hydroxylation sites is 1. The van der Waals surface area contributed by atoms with Crippen LogP contribution in [0.4, 0.5) is 5.69 Å². The molecule has 2 N–H and O–H groups in total. The summed E-state index contributed by atoms with van der Waals surface area (Å²) in [7, 11) is -3.38. The van der Waals surface area contributed by atoms with Gasteiger partial charge in [0.15, 0.2) is 0 Å². The van der Waals surface area contributed by atoms with Gasteiger partial charge in [-0.25, -0.2) is 0 Å². The molecule has 0 radical (unpaired) electrons. The maximum atomic E-state index is 12.2. The Morgan fingerprint density at radius 2 is 2.16 bits per heavy atom. The van der Waals surface area contributed by atoms with Crippen molar-refractivity contribution in [3.8, 4) is 0 Å². The number of anilines is 1. The molecule has 0 spiro atoms. The molecule has 1 saturated heterocycles. The molecule has 104 valence electrons. The van der Waals surface area contributed by atoms with Gasteiger partial charge in [0.2, 0.25) is 0 Å². The van der Waals surface area contributed by atoms with E-state index in [4.69, 9.17) is 0 Å². The van der Waals surface area contributed by atoms with Gasteiger partial charge in [0.25, 0.3) is 0 Å². The molecule has 2 aliphatic heterocycles. The van der Waals surface area contributed by atoms with Crippen LogP contribution in [0.2, 0.25) is 0 Å². The van der Waals surface area contributed by atoms with Gasteiger partial charge >= 0.3 is 10.2 Å². The largest absolute Gasteiger partial charge is 0.316 e. The van der Waals surface area contributed by atoms with E-state index < -0.39 is 10.2 Å². The zero-order valence-corrected chi connectivity index (χ0v) is 11.6. The highest BCUT2D eigenvalue weighted by atomic mass is 32.2. The van der Waals surface area contributed by atoms with Gasteiger partial charge in [0.05, 0.1) is 5.69 Å². The van der Waals surface area contributed by atoms with Crippen molar-refractivity contribution in [2.45, 2.75) is 19.4 Å². The SMILES string of the molecule is O=S1(=O)Nc2ccccc2CN1C[C@@H]1CCCNC1. The molecule has 0 amide bonds. The summed E-state index contributed by atoms with van der Waals surface area (Å²) in [5.74, 6) is 0.413. The Morgan fingerprint density at radius 3 is 2.95 bits per heavy atom. The van der Waals surface area contributed by atoms with Crippen molar-refractivity contribution >= 4 is 15.9 Å². The molecule has 5 nitrogen and oxygen atoms in total. The second kappa shape index (κ2) is 5.11. The van der Waals surface area contributed by atoms with Gasteiger partial charge in [-0.2, -0.15) is 12.7 Å². The molecule has 19 heavy (non-hydrogen) atoms. The lowest BCUT2D eigenvalue weighted by Crippen LogP contribution is -2.44. The van der Waals surface area contributed by atoms with Crippen molar-refractivity contribution in [3.05, 3.63) is 29.8 Å². The van der Waals surface area contributed by atoms with Gasteiger partial charge in [-0.1, -0.05) is 18.2 Å². The lowest BCUT2D eigenvalue weighted by molar-refractivity contribution is 0.287. The topological polar surface area (TPSA) is 61.4 Å². The minimum absolute atomic E-state index is 0.413. The highest BCUT2D eigenvalue weighted by Crippen LogP contribution is 2.27. The summed E-state index contributed by atoms with van der Waals surface area (Å²) in [6.45, 7) is 3.02. The highest BCUT2D eigenvalue weighted by Gasteiger charge is 2.30. The molecular weight excluding hydrogens is 262 g/mol. The minimum atomic E-state index is -3.38. The van der Waals surface area contributed by atoms with E-state index >= 15 is 0 Å². The highest BCUT2D eigenvalue weighted by molar-refractivity contribution is 7.90. The second-order valence-corrected chi connectivity index (χ2v) is 6.94. The van der Waals surface area contributed by atoms with E-state index in [1.54, 1.807) is 4.31 Å². The number of benzene rings is 1. The third kappa shape index (κ3) is 2.75. The Labute approximate surface area is 114 Å². The molecule has 1 fully saturated rings. The minimum Gasteiger partial charge on any atom is -0.316 e. The average molecular weight is 281 g/mol. The van der Waals surface area contributed by atoms with Crippen molar-refractivity contribution in [1.82, 2.24) is 9.62 Å². The van der Waals surface area contributed by atoms with Gasteiger partial charge in [0, 0.05) is 13.1 Å². The summed E-state index contributed by atoms with van der Waals surface area (Å²) in [6, 6.07) is 7.58. The Kier molecular flexibility index (Phi) is 3.47. The van der Waals surface area contributed by atoms with E-state index in [1.165, 1.54) is 0 Å². The fraction of sp³-hybridized carbons (Fsp3) is 0.538. The standard InChI is InChI=1S/C13H19N3O2S/c17-19(18)15-13-6-2-1-5-12(13)10-16(19)9-11-4-3-7-14-8-11/h1-2,5-6,11,14-15H,3-4,7-10H2/t11-/m1/s1. The van der Waals surface area contributed by atoms with E-state index in [0.717, 1.165) is 31.5 Å². The third-order valence-electron chi connectivity index (χ3n) is 3.80. The van der Waals surface area contributed by atoms with Crippen LogP contribution in [0.3, 0.4) is 0 Å². The van der Waals surface area contributed by atoms with Crippen LogP contribution in [0, 0.1) is 5.92 Å². The molecule has 3 rings (SSSR count). The number of piperidine rings is 1. The van der Waals surface area contributed by atoms with Crippen molar-refractivity contribution in [1.29, 1.82) is 0 Å². The molecule has 1 atom stereocenters. The van der Waals surface area contributed by atoms with Gasteiger partial charge < -0.3 is 5.32 Å². The number of fused-ring (bicyclic) bond motifs is 1. The molecule has 1 aromatic carbocycles. The molecule has 2 aliphatic rings. The Morgan fingerprint density at radius 1 is 1.32 bits per heavy atom. The average Bonchev–Trinajstić information content (AvgIpc) is 2.40. The first kappa shape index (κ1) is 12.9. The lowest BCUT2D eigenvalue weighted by atomic mass is 9.99. The normalized spacial score (nSPS) is 26.4. The van der Waals surface area contributed by atoms with Gasteiger partial charge in [-0.15, -0.1) is 0 Å². The molecule has 6 heteroatoms. The molecule has 0 saturated carbocycles. The Hall–Kier alpha value is -1.11. The van der Waals surface area contributed by atoms with Gasteiger partial charge in [-0.3, -0.25) is 4.72 Å². The smallest absolute Gasteiger partial charge is 0.301 e. The summed E-state index contributed by atoms with van der Waals surface area (Å²) < 4.78 is 28.6. The predicted molar refractivity (Wildman–Crippen MR) is 75.0 cm³/mol. The predicted octanol–water partition coefficient (Wildman–Crippen LogP) is 1.16. The third-order valence-corrected chi connectivity index (χ3v) is 5.24. The lowest BCUT2D eigenvalue weighted by Gasteiger charge is -2.33.